The zero-order valence-electron chi connectivity index (χ0n) is 12.7. The lowest BCUT2D eigenvalue weighted by atomic mass is 9.78. The van der Waals surface area contributed by atoms with Gasteiger partial charge in [0, 0.05) is 26.1 Å². The molecule has 1 aliphatic carbocycles. The second-order valence-electron chi connectivity index (χ2n) is 5.40. The van der Waals surface area contributed by atoms with E-state index in [1.165, 1.54) is 31.2 Å². The number of benzene rings is 1. The highest BCUT2D eigenvalue weighted by Crippen LogP contribution is 2.41. The van der Waals surface area contributed by atoms with Crippen LogP contribution in [0.1, 0.15) is 31.2 Å². The average molecular weight is 275 g/mol. The van der Waals surface area contributed by atoms with E-state index in [2.05, 4.69) is 33.8 Å². The van der Waals surface area contributed by atoms with Crippen LogP contribution in [0.2, 0.25) is 0 Å². The van der Waals surface area contributed by atoms with Gasteiger partial charge in [-0.25, -0.2) is 0 Å². The molecule has 1 aliphatic rings. The molecular formula is C16H25N3O. The number of hydrogen-bond acceptors (Lipinski definition) is 2. The third-order valence-electron chi connectivity index (χ3n) is 4.30. The Morgan fingerprint density at radius 3 is 2.70 bits per heavy atom. The quantitative estimate of drug-likeness (QED) is 0.655. The number of aliphatic imine (C=N–C) groups is 1. The van der Waals surface area contributed by atoms with E-state index < -0.39 is 0 Å². The molecule has 0 unspecified atom stereocenters. The van der Waals surface area contributed by atoms with E-state index in [0.29, 0.717) is 0 Å². The summed E-state index contributed by atoms with van der Waals surface area (Å²) in [6.07, 6.45) is 5.01. The van der Waals surface area contributed by atoms with Gasteiger partial charge in [0.2, 0.25) is 0 Å². The molecule has 0 bridgehead atoms. The molecular weight excluding hydrogens is 250 g/mol. The van der Waals surface area contributed by atoms with Crippen LogP contribution in [0.25, 0.3) is 0 Å². The summed E-state index contributed by atoms with van der Waals surface area (Å²) < 4.78 is 5.37. The number of nitrogens with zero attached hydrogens (tertiary/aromatic N) is 1. The highest BCUT2D eigenvalue weighted by molar-refractivity contribution is 5.79. The van der Waals surface area contributed by atoms with E-state index in [-0.39, 0.29) is 5.41 Å². The van der Waals surface area contributed by atoms with Crippen molar-refractivity contribution in [1.82, 2.24) is 10.6 Å². The molecule has 1 aromatic carbocycles. The molecule has 4 heteroatoms. The molecule has 0 heterocycles. The zero-order chi connectivity index (χ0) is 14.4. The molecule has 0 amide bonds. The van der Waals surface area contributed by atoms with Crippen LogP contribution < -0.4 is 15.4 Å². The molecule has 2 rings (SSSR count). The molecule has 0 aromatic heterocycles. The maximum absolute atomic E-state index is 5.37. The lowest BCUT2D eigenvalue weighted by molar-refractivity contribution is 0.404. The van der Waals surface area contributed by atoms with E-state index in [0.717, 1.165) is 18.3 Å². The maximum Gasteiger partial charge on any atom is 0.190 e. The summed E-state index contributed by atoms with van der Waals surface area (Å²) in [4.78, 5) is 4.20. The zero-order valence-corrected chi connectivity index (χ0v) is 12.7. The number of methoxy groups -OCH3 is 1. The Morgan fingerprint density at radius 2 is 2.10 bits per heavy atom. The maximum atomic E-state index is 5.37. The highest BCUT2D eigenvalue weighted by atomic mass is 16.5. The minimum absolute atomic E-state index is 0.196. The van der Waals surface area contributed by atoms with Crippen molar-refractivity contribution < 1.29 is 4.74 Å². The molecule has 0 spiro atoms. The number of guanidine groups is 1. The Bertz CT molecular complexity index is 465. The van der Waals surface area contributed by atoms with Crippen LogP contribution in [-0.2, 0) is 5.41 Å². The second kappa shape index (κ2) is 6.64. The van der Waals surface area contributed by atoms with Crippen molar-refractivity contribution in [3.05, 3.63) is 29.8 Å². The standard InChI is InChI=1S/C16H25N3O/c1-17-15(18-2)19-12-16(9-4-5-10-16)13-7-6-8-14(11-13)20-3/h6-8,11H,4-5,9-10,12H2,1-3H3,(H2,17,18,19). The number of ether oxygens (including phenoxy) is 1. The topological polar surface area (TPSA) is 45.7 Å². The lowest BCUT2D eigenvalue weighted by Crippen LogP contribution is -2.43. The van der Waals surface area contributed by atoms with Gasteiger partial charge in [-0.15, -0.1) is 0 Å². The molecule has 1 aromatic rings. The molecule has 1 saturated carbocycles. The van der Waals surface area contributed by atoms with Crippen LogP contribution in [0.5, 0.6) is 5.75 Å². The van der Waals surface area contributed by atoms with Gasteiger partial charge in [0.25, 0.3) is 0 Å². The third kappa shape index (κ3) is 3.06. The molecule has 2 N–H and O–H groups in total. The Kier molecular flexibility index (Phi) is 4.88. The van der Waals surface area contributed by atoms with Gasteiger partial charge >= 0.3 is 0 Å². The van der Waals surface area contributed by atoms with E-state index in [1.807, 2.05) is 13.1 Å². The van der Waals surface area contributed by atoms with Gasteiger partial charge in [-0.1, -0.05) is 25.0 Å². The van der Waals surface area contributed by atoms with Crippen molar-refractivity contribution >= 4 is 5.96 Å². The SMILES string of the molecule is CN=C(NC)NCC1(c2cccc(OC)c2)CCCC1. The van der Waals surface area contributed by atoms with Gasteiger partial charge in [0.1, 0.15) is 5.75 Å². The smallest absolute Gasteiger partial charge is 0.190 e. The summed E-state index contributed by atoms with van der Waals surface area (Å²) in [6.45, 7) is 0.910. The van der Waals surface area contributed by atoms with Gasteiger partial charge < -0.3 is 15.4 Å². The highest BCUT2D eigenvalue weighted by Gasteiger charge is 2.35. The molecule has 0 atom stereocenters. The van der Waals surface area contributed by atoms with E-state index in [9.17, 15) is 0 Å². The van der Waals surface area contributed by atoms with Crippen molar-refractivity contribution in [2.75, 3.05) is 27.7 Å². The largest absolute Gasteiger partial charge is 0.497 e. The van der Waals surface area contributed by atoms with Crippen LogP contribution in [0.4, 0.5) is 0 Å². The molecule has 0 aliphatic heterocycles. The number of rotatable bonds is 4. The molecule has 0 radical (unpaired) electrons. The molecule has 0 saturated heterocycles. The summed E-state index contributed by atoms with van der Waals surface area (Å²) in [6, 6.07) is 8.49. The van der Waals surface area contributed by atoms with Gasteiger partial charge in [0.05, 0.1) is 7.11 Å². The van der Waals surface area contributed by atoms with E-state index in [1.54, 1.807) is 14.2 Å². The lowest BCUT2D eigenvalue weighted by Gasteiger charge is -2.31. The van der Waals surface area contributed by atoms with E-state index in [4.69, 9.17) is 4.74 Å². The van der Waals surface area contributed by atoms with Crippen LogP contribution in [0, 0.1) is 0 Å². The van der Waals surface area contributed by atoms with Gasteiger partial charge in [-0.2, -0.15) is 0 Å². The van der Waals surface area contributed by atoms with Crippen molar-refractivity contribution in [2.45, 2.75) is 31.1 Å². The summed E-state index contributed by atoms with van der Waals surface area (Å²) >= 11 is 0. The van der Waals surface area contributed by atoms with Crippen molar-refractivity contribution in [3.8, 4) is 5.75 Å². The monoisotopic (exact) mass is 275 g/mol. The molecule has 1 fully saturated rings. The van der Waals surface area contributed by atoms with Gasteiger partial charge in [-0.05, 0) is 30.5 Å². The summed E-state index contributed by atoms with van der Waals surface area (Å²) in [5.41, 5.74) is 1.56. The molecule has 20 heavy (non-hydrogen) atoms. The molecule has 4 nitrogen and oxygen atoms in total. The average Bonchev–Trinajstić information content (AvgIpc) is 2.98. The molecule has 110 valence electrons. The minimum Gasteiger partial charge on any atom is -0.497 e. The summed E-state index contributed by atoms with van der Waals surface area (Å²) in [5.74, 6) is 1.78. The predicted octanol–water partition coefficient (Wildman–Crippen LogP) is 2.30. The van der Waals surface area contributed by atoms with Crippen molar-refractivity contribution in [3.63, 3.8) is 0 Å². The van der Waals surface area contributed by atoms with Crippen LogP contribution in [0.3, 0.4) is 0 Å². The van der Waals surface area contributed by atoms with Crippen molar-refractivity contribution in [2.24, 2.45) is 4.99 Å². The summed E-state index contributed by atoms with van der Waals surface area (Å²) in [5, 5.41) is 6.52. The third-order valence-corrected chi connectivity index (χ3v) is 4.30. The summed E-state index contributed by atoms with van der Waals surface area (Å²) in [7, 11) is 5.41. The van der Waals surface area contributed by atoms with Crippen LogP contribution >= 0.6 is 0 Å². The number of hydrogen-bond donors (Lipinski definition) is 2. The first kappa shape index (κ1) is 14.7. The Hall–Kier alpha value is -1.71. The fourth-order valence-electron chi connectivity index (χ4n) is 3.10. The Morgan fingerprint density at radius 1 is 1.35 bits per heavy atom. The normalized spacial score (nSPS) is 17.9. The first-order chi connectivity index (χ1) is 9.74. The van der Waals surface area contributed by atoms with E-state index >= 15 is 0 Å². The predicted molar refractivity (Wildman–Crippen MR) is 83.6 cm³/mol. The van der Waals surface area contributed by atoms with Gasteiger partial charge in [-0.3, -0.25) is 4.99 Å². The second-order valence-corrected chi connectivity index (χ2v) is 5.40. The minimum atomic E-state index is 0.196. The fraction of sp³-hybridized carbons (Fsp3) is 0.562. The van der Waals surface area contributed by atoms with Crippen molar-refractivity contribution in [1.29, 1.82) is 0 Å². The Balaban J connectivity index is 2.20. The first-order valence-electron chi connectivity index (χ1n) is 7.27. The van der Waals surface area contributed by atoms with Crippen LogP contribution in [0.15, 0.2) is 29.3 Å². The number of nitrogens with one attached hydrogen (secondary N) is 2. The van der Waals surface area contributed by atoms with Gasteiger partial charge in [0.15, 0.2) is 5.96 Å². The Labute approximate surface area is 121 Å². The fourth-order valence-corrected chi connectivity index (χ4v) is 3.10. The first-order valence-corrected chi connectivity index (χ1v) is 7.27. The van der Waals surface area contributed by atoms with Crippen LogP contribution in [-0.4, -0.2) is 33.7 Å².